The van der Waals surface area contributed by atoms with Crippen LogP contribution < -0.4 is 4.90 Å². The van der Waals surface area contributed by atoms with Crippen molar-refractivity contribution in [1.29, 1.82) is 5.26 Å². The van der Waals surface area contributed by atoms with Crippen molar-refractivity contribution in [3.63, 3.8) is 0 Å². The number of benzene rings is 1. The van der Waals surface area contributed by atoms with E-state index in [9.17, 15) is 13.2 Å². The Balaban J connectivity index is 2.41. The molecule has 0 bridgehead atoms. The first-order valence-corrected chi connectivity index (χ1v) is 6.72. The van der Waals surface area contributed by atoms with E-state index in [0.29, 0.717) is 11.6 Å². The Kier molecular flexibility index (Phi) is 3.94. The second-order valence-corrected chi connectivity index (χ2v) is 5.39. The molecule has 0 amide bonds. The van der Waals surface area contributed by atoms with E-state index in [1.165, 1.54) is 6.07 Å². The second kappa shape index (κ2) is 5.35. The maximum Gasteiger partial charge on any atom is 0.417 e. The fourth-order valence-electron chi connectivity index (χ4n) is 2.74. The van der Waals surface area contributed by atoms with Crippen molar-refractivity contribution >= 4 is 5.69 Å². The minimum atomic E-state index is -4.49. The van der Waals surface area contributed by atoms with Crippen LogP contribution in [0.25, 0.3) is 0 Å². The minimum absolute atomic E-state index is 0.206. The van der Waals surface area contributed by atoms with Gasteiger partial charge in [-0.25, -0.2) is 0 Å². The lowest BCUT2D eigenvalue weighted by molar-refractivity contribution is -0.137. The number of anilines is 1. The molecule has 0 aliphatic carbocycles. The smallest absolute Gasteiger partial charge is 0.369 e. The zero-order chi connectivity index (χ0) is 14.9. The molecule has 0 saturated carbocycles. The number of alkyl halides is 3. The van der Waals surface area contributed by atoms with Crippen molar-refractivity contribution in [3.05, 3.63) is 29.3 Å². The third kappa shape index (κ3) is 2.74. The predicted octanol–water partition coefficient (Wildman–Crippen LogP) is 4.20. The first-order chi connectivity index (χ1) is 9.34. The Morgan fingerprint density at radius 2 is 2.00 bits per heavy atom. The molecule has 1 aromatic rings. The van der Waals surface area contributed by atoms with Gasteiger partial charge in [-0.1, -0.05) is 6.92 Å². The van der Waals surface area contributed by atoms with Gasteiger partial charge in [-0.3, -0.25) is 0 Å². The number of hydrogen-bond acceptors (Lipinski definition) is 2. The second-order valence-electron chi connectivity index (χ2n) is 5.39. The molecule has 1 aromatic carbocycles. The van der Waals surface area contributed by atoms with Crippen molar-refractivity contribution in [3.8, 4) is 6.07 Å². The van der Waals surface area contributed by atoms with Gasteiger partial charge in [0.2, 0.25) is 0 Å². The molecule has 1 heterocycles. The summed E-state index contributed by atoms with van der Waals surface area (Å²) in [5, 5.41) is 8.81. The van der Waals surface area contributed by atoms with E-state index >= 15 is 0 Å². The predicted molar refractivity (Wildman–Crippen MR) is 71.4 cm³/mol. The number of halogens is 3. The van der Waals surface area contributed by atoms with E-state index < -0.39 is 11.7 Å². The molecule has 1 aliphatic rings. The summed E-state index contributed by atoms with van der Waals surface area (Å²) in [7, 11) is 0. The average molecular weight is 282 g/mol. The molecule has 108 valence electrons. The SMILES string of the molecule is CC1CCCN(c2ccc(C#N)c(C(F)(F)F)c2)C1C. The van der Waals surface area contributed by atoms with Gasteiger partial charge in [0.05, 0.1) is 17.2 Å². The minimum Gasteiger partial charge on any atom is -0.369 e. The van der Waals surface area contributed by atoms with Crippen LogP contribution in [0.5, 0.6) is 0 Å². The number of piperidine rings is 1. The molecule has 0 N–H and O–H groups in total. The van der Waals surface area contributed by atoms with Crippen LogP contribution in [-0.4, -0.2) is 12.6 Å². The zero-order valence-electron chi connectivity index (χ0n) is 11.5. The maximum atomic E-state index is 13.0. The quantitative estimate of drug-likeness (QED) is 0.771. The van der Waals surface area contributed by atoms with Crippen LogP contribution in [0.15, 0.2) is 18.2 Å². The van der Waals surface area contributed by atoms with Crippen LogP contribution in [-0.2, 0) is 6.18 Å². The highest BCUT2D eigenvalue weighted by Crippen LogP contribution is 2.36. The number of hydrogen-bond donors (Lipinski definition) is 0. The highest BCUT2D eigenvalue weighted by Gasteiger charge is 2.35. The van der Waals surface area contributed by atoms with Crippen LogP contribution in [0.4, 0.5) is 18.9 Å². The normalized spacial score (nSPS) is 23.5. The summed E-state index contributed by atoms with van der Waals surface area (Å²) in [6.07, 6.45) is -2.42. The summed E-state index contributed by atoms with van der Waals surface area (Å²) in [5.74, 6) is 0.453. The van der Waals surface area contributed by atoms with Gasteiger partial charge in [0, 0.05) is 18.3 Å². The molecule has 5 heteroatoms. The van der Waals surface area contributed by atoms with Crippen molar-refractivity contribution in [2.24, 2.45) is 5.92 Å². The van der Waals surface area contributed by atoms with Crippen molar-refractivity contribution < 1.29 is 13.2 Å². The highest BCUT2D eigenvalue weighted by atomic mass is 19.4. The van der Waals surface area contributed by atoms with E-state index in [-0.39, 0.29) is 11.6 Å². The van der Waals surface area contributed by atoms with Crippen molar-refractivity contribution in [2.45, 2.75) is 38.9 Å². The molecule has 1 aliphatic heterocycles. The molecule has 1 fully saturated rings. The van der Waals surface area contributed by atoms with Gasteiger partial charge in [0.1, 0.15) is 0 Å². The Morgan fingerprint density at radius 1 is 1.30 bits per heavy atom. The molecule has 20 heavy (non-hydrogen) atoms. The van der Waals surface area contributed by atoms with Gasteiger partial charge in [0.15, 0.2) is 0 Å². The molecule has 0 spiro atoms. The largest absolute Gasteiger partial charge is 0.417 e. The lowest BCUT2D eigenvalue weighted by Crippen LogP contribution is -2.42. The number of nitriles is 1. The van der Waals surface area contributed by atoms with Crippen LogP contribution in [0.3, 0.4) is 0 Å². The summed E-state index contributed by atoms with van der Waals surface area (Å²) >= 11 is 0. The van der Waals surface area contributed by atoms with E-state index in [1.54, 1.807) is 12.1 Å². The van der Waals surface area contributed by atoms with E-state index in [1.807, 2.05) is 11.8 Å². The molecule has 2 unspecified atom stereocenters. The topological polar surface area (TPSA) is 27.0 Å². The van der Waals surface area contributed by atoms with Crippen molar-refractivity contribution in [1.82, 2.24) is 0 Å². The van der Waals surface area contributed by atoms with E-state index in [4.69, 9.17) is 5.26 Å². The standard InChI is InChI=1S/C15H17F3N2/c1-10-4-3-7-20(11(10)2)13-6-5-12(9-19)14(8-13)15(16,17)18/h5-6,8,10-11H,3-4,7H2,1-2H3. The Hall–Kier alpha value is -1.70. The molecule has 2 nitrogen and oxygen atoms in total. The summed E-state index contributed by atoms with van der Waals surface area (Å²) in [6.45, 7) is 4.91. The van der Waals surface area contributed by atoms with Gasteiger partial charge in [0.25, 0.3) is 0 Å². The molecule has 2 rings (SSSR count). The first-order valence-electron chi connectivity index (χ1n) is 6.72. The van der Waals surface area contributed by atoms with Crippen LogP contribution in [0.2, 0.25) is 0 Å². The monoisotopic (exact) mass is 282 g/mol. The van der Waals surface area contributed by atoms with E-state index in [2.05, 4.69) is 6.92 Å². The molecular weight excluding hydrogens is 265 g/mol. The van der Waals surface area contributed by atoms with Gasteiger partial charge >= 0.3 is 6.18 Å². The van der Waals surface area contributed by atoms with E-state index in [0.717, 1.165) is 25.5 Å². The molecule has 2 atom stereocenters. The average Bonchev–Trinajstić information content (AvgIpc) is 2.40. The van der Waals surface area contributed by atoms with Gasteiger partial charge in [-0.05, 0) is 43.9 Å². The summed E-state index contributed by atoms with van der Waals surface area (Å²) < 4.78 is 39.0. The highest BCUT2D eigenvalue weighted by molar-refractivity contribution is 5.55. The molecule has 0 aromatic heterocycles. The Morgan fingerprint density at radius 3 is 2.60 bits per heavy atom. The molecule has 0 radical (unpaired) electrons. The van der Waals surface area contributed by atoms with Crippen LogP contribution in [0.1, 0.15) is 37.8 Å². The number of rotatable bonds is 1. The Labute approximate surface area is 116 Å². The number of nitrogens with zero attached hydrogens (tertiary/aromatic N) is 2. The lowest BCUT2D eigenvalue weighted by atomic mass is 9.91. The first kappa shape index (κ1) is 14.7. The fourth-order valence-corrected chi connectivity index (χ4v) is 2.74. The molecular formula is C15H17F3N2. The van der Waals surface area contributed by atoms with Crippen LogP contribution >= 0.6 is 0 Å². The third-order valence-corrected chi connectivity index (χ3v) is 4.13. The summed E-state index contributed by atoms with van der Waals surface area (Å²) in [4.78, 5) is 2.00. The van der Waals surface area contributed by atoms with Crippen LogP contribution in [0, 0.1) is 17.2 Å². The Bertz CT molecular complexity index is 531. The lowest BCUT2D eigenvalue weighted by Gasteiger charge is -2.40. The maximum absolute atomic E-state index is 13.0. The van der Waals surface area contributed by atoms with Crippen molar-refractivity contribution in [2.75, 3.05) is 11.4 Å². The molecule has 1 saturated heterocycles. The van der Waals surface area contributed by atoms with Gasteiger partial charge in [-0.2, -0.15) is 18.4 Å². The van der Waals surface area contributed by atoms with Gasteiger partial charge in [-0.15, -0.1) is 0 Å². The third-order valence-electron chi connectivity index (χ3n) is 4.13. The fraction of sp³-hybridized carbons (Fsp3) is 0.533. The zero-order valence-corrected chi connectivity index (χ0v) is 11.5. The van der Waals surface area contributed by atoms with Gasteiger partial charge < -0.3 is 4.90 Å². The summed E-state index contributed by atoms with van der Waals surface area (Å²) in [6, 6.07) is 5.81. The summed E-state index contributed by atoms with van der Waals surface area (Å²) in [5.41, 5.74) is -0.614.